The standard InChI is InChI=1S/C20H22N2O4S/c1-14-5-4-12-22(13-14)27(24,25)16-10-8-15(9-11-16)21-19-17-6-2-3-7-18(17)20(23)26-19/h2-3,6-11,14,19,21H,4-5,12-13H2,1H3. The molecule has 142 valence electrons. The van der Waals surface area contributed by atoms with Crippen LogP contribution in [0.3, 0.4) is 0 Å². The van der Waals surface area contributed by atoms with Crippen molar-refractivity contribution in [2.24, 2.45) is 5.92 Å². The summed E-state index contributed by atoms with van der Waals surface area (Å²) in [4.78, 5) is 12.2. The van der Waals surface area contributed by atoms with Gasteiger partial charge in [0.05, 0.1) is 10.5 Å². The molecule has 0 spiro atoms. The van der Waals surface area contributed by atoms with E-state index in [4.69, 9.17) is 4.74 Å². The highest BCUT2D eigenvalue weighted by atomic mass is 32.2. The maximum absolute atomic E-state index is 12.8. The fourth-order valence-electron chi connectivity index (χ4n) is 3.64. The average Bonchev–Trinajstić information content (AvgIpc) is 2.98. The second kappa shape index (κ2) is 6.98. The maximum Gasteiger partial charge on any atom is 0.340 e. The molecule has 2 aromatic rings. The quantitative estimate of drug-likeness (QED) is 0.815. The predicted octanol–water partition coefficient (Wildman–Crippen LogP) is 3.39. The smallest absolute Gasteiger partial charge is 0.340 e. The molecule has 2 aliphatic heterocycles. The van der Waals surface area contributed by atoms with E-state index in [9.17, 15) is 13.2 Å². The molecule has 2 atom stereocenters. The molecular formula is C20H22N2O4S. The molecule has 7 heteroatoms. The van der Waals surface area contributed by atoms with Crippen molar-refractivity contribution in [2.45, 2.75) is 30.9 Å². The van der Waals surface area contributed by atoms with Gasteiger partial charge in [0.2, 0.25) is 16.3 Å². The van der Waals surface area contributed by atoms with Crippen molar-refractivity contribution in [1.29, 1.82) is 0 Å². The average molecular weight is 386 g/mol. The molecule has 0 saturated carbocycles. The molecule has 0 amide bonds. The van der Waals surface area contributed by atoms with E-state index in [1.165, 1.54) is 0 Å². The number of anilines is 1. The minimum absolute atomic E-state index is 0.283. The van der Waals surface area contributed by atoms with Crippen LogP contribution in [0.25, 0.3) is 0 Å². The molecule has 2 aliphatic rings. The third-order valence-electron chi connectivity index (χ3n) is 5.10. The number of carbonyl (C=O) groups excluding carboxylic acids is 1. The maximum atomic E-state index is 12.8. The van der Waals surface area contributed by atoms with Gasteiger partial charge in [0, 0.05) is 24.3 Å². The van der Waals surface area contributed by atoms with E-state index in [0.717, 1.165) is 18.4 Å². The minimum atomic E-state index is -3.48. The van der Waals surface area contributed by atoms with Crippen LogP contribution in [-0.4, -0.2) is 31.8 Å². The van der Waals surface area contributed by atoms with Gasteiger partial charge in [0.1, 0.15) is 0 Å². The summed E-state index contributed by atoms with van der Waals surface area (Å²) in [6.45, 7) is 3.22. The molecule has 0 aliphatic carbocycles. The van der Waals surface area contributed by atoms with E-state index >= 15 is 0 Å². The van der Waals surface area contributed by atoms with Gasteiger partial charge < -0.3 is 10.1 Å². The number of cyclic esters (lactones) is 1. The van der Waals surface area contributed by atoms with E-state index in [1.807, 2.05) is 12.1 Å². The summed E-state index contributed by atoms with van der Waals surface area (Å²) < 4.78 is 32.6. The van der Waals surface area contributed by atoms with E-state index in [-0.39, 0.29) is 10.9 Å². The Hall–Kier alpha value is -2.38. The predicted molar refractivity (Wildman–Crippen MR) is 102 cm³/mol. The lowest BCUT2D eigenvalue weighted by Gasteiger charge is -2.30. The van der Waals surface area contributed by atoms with E-state index in [2.05, 4.69) is 12.2 Å². The Kier molecular flexibility index (Phi) is 4.65. The number of ether oxygens (including phenoxy) is 1. The van der Waals surface area contributed by atoms with Gasteiger partial charge in [-0.05, 0) is 49.1 Å². The number of nitrogens with zero attached hydrogens (tertiary/aromatic N) is 1. The number of esters is 1. The largest absolute Gasteiger partial charge is 0.434 e. The Morgan fingerprint density at radius 3 is 2.59 bits per heavy atom. The van der Waals surface area contributed by atoms with Crippen LogP contribution in [0.2, 0.25) is 0 Å². The fraction of sp³-hybridized carbons (Fsp3) is 0.350. The first-order valence-electron chi connectivity index (χ1n) is 9.12. The van der Waals surface area contributed by atoms with Crippen molar-refractivity contribution in [3.63, 3.8) is 0 Å². The Balaban J connectivity index is 1.51. The topological polar surface area (TPSA) is 75.7 Å². The molecule has 6 nitrogen and oxygen atoms in total. The van der Waals surface area contributed by atoms with Gasteiger partial charge in [-0.15, -0.1) is 0 Å². The molecule has 2 unspecified atom stereocenters. The summed E-state index contributed by atoms with van der Waals surface area (Å²) in [6.07, 6.45) is 1.39. The highest BCUT2D eigenvalue weighted by Gasteiger charge is 2.31. The Morgan fingerprint density at radius 2 is 1.85 bits per heavy atom. The van der Waals surface area contributed by atoms with Gasteiger partial charge in [-0.1, -0.05) is 25.1 Å². The van der Waals surface area contributed by atoms with Crippen molar-refractivity contribution >= 4 is 21.7 Å². The molecule has 1 N–H and O–H groups in total. The Bertz CT molecular complexity index is 956. The van der Waals surface area contributed by atoms with Crippen LogP contribution in [0.15, 0.2) is 53.4 Å². The number of hydrogen-bond acceptors (Lipinski definition) is 5. The van der Waals surface area contributed by atoms with Gasteiger partial charge in [0.25, 0.3) is 0 Å². The SMILES string of the molecule is CC1CCCN(S(=O)(=O)c2ccc(NC3OC(=O)c4ccccc43)cc2)C1. The third kappa shape index (κ3) is 3.44. The lowest BCUT2D eigenvalue weighted by molar-refractivity contribution is 0.0437. The second-order valence-corrected chi connectivity index (χ2v) is 9.09. The van der Waals surface area contributed by atoms with Gasteiger partial charge in [-0.25, -0.2) is 13.2 Å². The monoisotopic (exact) mass is 386 g/mol. The molecule has 2 heterocycles. The second-order valence-electron chi connectivity index (χ2n) is 7.15. The lowest BCUT2D eigenvalue weighted by atomic mass is 10.0. The number of hydrogen-bond donors (Lipinski definition) is 1. The van der Waals surface area contributed by atoms with E-state index in [0.29, 0.717) is 30.3 Å². The van der Waals surface area contributed by atoms with Crippen molar-refractivity contribution in [2.75, 3.05) is 18.4 Å². The number of fused-ring (bicyclic) bond motifs is 1. The number of piperidine rings is 1. The first-order chi connectivity index (χ1) is 12.9. The third-order valence-corrected chi connectivity index (χ3v) is 6.98. The summed E-state index contributed by atoms with van der Waals surface area (Å²) in [6, 6.07) is 13.8. The molecule has 1 fully saturated rings. The first kappa shape index (κ1) is 18.0. The molecule has 0 radical (unpaired) electrons. The van der Waals surface area contributed by atoms with Crippen LogP contribution in [0.1, 0.15) is 41.9 Å². The van der Waals surface area contributed by atoms with Crippen molar-refractivity contribution in [3.05, 3.63) is 59.7 Å². The zero-order valence-electron chi connectivity index (χ0n) is 15.1. The van der Waals surface area contributed by atoms with Crippen LogP contribution in [-0.2, 0) is 14.8 Å². The zero-order chi connectivity index (χ0) is 19.0. The summed E-state index contributed by atoms with van der Waals surface area (Å²) in [5.41, 5.74) is 2.02. The van der Waals surface area contributed by atoms with E-state index in [1.54, 1.807) is 40.7 Å². The van der Waals surface area contributed by atoms with Crippen LogP contribution in [0, 0.1) is 5.92 Å². The Morgan fingerprint density at radius 1 is 1.11 bits per heavy atom. The van der Waals surface area contributed by atoms with Gasteiger partial charge in [-0.3, -0.25) is 0 Å². The first-order valence-corrected chi connectivity index (χ1v) is 10.6. The highest BCUT2D eigenvalue weighted by molar-refractivity contribution is 7.89. The minimum Gasteiger partial charge on any atom is -0.434 e. The number of nitrogens with one attached hydrogen (secondary N) is 1. The van der Waals surface area contributed by atoms with Crippen LogP contribution >= 0.6 is 0 Å². The van der Waals surface area contributed by atoms with Crippen LogP contribution in [0.4, 0.5) is 5.69 Å². The number of rotatable bonds is 4. The fourth-order valence-corrected chi connectivity index (χ4v) is 5.24. The molecule has 2 aromatic carbocycles. The van der Waals surface area contributed by atoms with Crippen molar-refractivity contribution < 1.29 is 17.9 Å². The summed E-state index contributed by atoms with van der Waals surface area (Å²) in [5, 5.41) is 3.14. The normalized spacial score (nSPS) is 22.9. The van der Waals surface area contributed by atoms with Gasteiger partial charge in [0.15, 0.2) is 0 Å². The molecular weight excluding hydrogens is 364 g/mol. The zero-order valence-corrected chi connectivity index (χ0v) is 15.9. The van der Waals surface area contributed by atoms with Crippen LogP contribution in [0.5, 0.6) is 0 Å². The number of benzene rings is 2. The van der Waals surface area contributed by atoms with Crippen LogP contribution < -0.4 is 5.32 Å². The lowest BCUT2D eigenvalue weighted by Crippen LogP contribution is -2.39. The highest BCUT2D eigenvalue weighted by Crippen LogP contribution is 2.32. The Labute approximate surface area is 159 Å². The summed E-state index contributed by atoms with van der Waals surface area (Å²) in [5.74, 6) is 0.0214. The molecule has 27 heavy (non-hydrogen) atoms. The van der Waals surface area contributed by atoms with E-state index < -0.39 is 16.3 Å². The molecule has 1 saturated heterocycles. The molecule has 0 aromatic heterocycles. The number of carbonyl (C=O) groups is 1. The van der Waals surface area contributed by atoms with Crippen molar-refractivity contribution in [3.8, 4) is 0 Å². The molecule has 0 bridgehead atoms. The molecule has 4 rings (SSSR count). The van der Waals surface area contributed by atoms with Gasteiger partial charge >= 0.3 is 5.97 Å². The van der Waals surface area contributed by atoms with Gasteiger partial charge in [-0.2, -0.15) is 4.31 Å². The summed E-state index contributed by atoms with van der Waals surface area (Å²) >= 11 is 0. The summed E-state index contributed by atoms with van der Waals surface area (Å²) in [7, 11) is -3.48. The number of sulfonamides is 1. The van der Waals surface area contributed by atoms with Crippen molar-refractivity contribution in [1.82, 2.24) is 4.31 Å².